The Morgan fingerprint density at radius 2 is 2.12 bits per heavy atom. The van der Waals surface area contributed by atoms with Gasteiger partial charge in [0.2, 0.25) is 0 Å². The molecule has 1 aromatic carbocycles. The molecule has 1 nitrogen and oxygen atoms in total. The van der Waals surface area contributed by atoms with Crippen LogP contribution in [0.2, 0.25) is 5.02 Å². The van der Waals surface area contributed by atoms with Gasteiger partial charge in [-0.3, -0.25) is 4.79 Å². The third kappa shape index (κ3) is 4.22. The summed E-state index contributed by atoms with van der Waals surface area (Å²) in [5.74, 6) is -0.181. The summed E-state index contributed by atoms with van der Waals surface area (Å²) >= 11 is 9.12. The first-order valence-electron chi connectivity index (χ1n) is 5.15. The molecule has 0 spiro atoms. The summed E-state index contributed by atoms with van der Waals surface area (Å²) < 4.78 is 13.3. The summed E-state index contributed by atoms with van der Waals surface area (Å²) in [6.45, 7) is 0. The maximum atomic E-state index is 13.3. The Hall–Kier alpha value is -0.410. The first kappa shape index (κ1) is 13.7. The molecule has 0 aliphatic heterocycles. The van der Waals surface area contributed by atoms with Gasteiger partial charge in [-0.1, -0.05) is 33.6 Å². The minimum absolute atomic E-state index is 0.152. The number of carbonyl (C=O) groups is 1. The molecular formula is C12H13BrClFO. The molecule has 0 heterocycles. The number of alkyl halides is 1. The maximum absolute atomic E-state index is 13.3. The molecule has 88 valence electrons. The zero-order chi connectivity index (χ0) is 12.0. The van der Waals surface area contributed by atoms with Crippen molar-refractivity contribution in [3.05, 3.63) is 34.6 Å². The fraction of sp³-hybridized carbons (Fsp3) is 0.417. The molecule has 0 radical (unpaired) electrons. The Labute approximate surface area is 108 Å². The van der Waals surface area contributed by atoms with Crippen molar-refractivity contribution in [3.63, 3.8) is 0 Å². The predicted molar refractivity (Wildman–Crippen MR) is 67.8 cm³/mol. The van der Waals surface area contributed by atoms with E-state index in [0.717, 1.165) is 11.8 Å². The highest BCUT2D eigenvalue weighted by molar-refractivity contribution is 9.09. The smallest absolute Gasteiger partial charge is 0.133 e. The zero-order valence-corrected chi connectivity index (χ0v) is 11.2. The van der Waals surface area contributed by atoms with Crippen LogP contribution in [0.1, 0.15) is 24.8 Å². The van der Waals surface area contributed by atoms with E-state index in [2.05, 4.69) is 15.9 Å². The highest BCUT2D eigenvalue weighted by Crippen LogP contribution is 2.20. The van der Waals surface area contributed by atoms with Crippen LogP contribution in [0.15, 0.2) is 18.2 Å². The molecule has 0 saturated heterocycles. The molecule has 0 amide bonds. The highest BCUT2D eigenvalue weighted by atomic mass is 79.9. The summed E-state index contributed by atoms with van der Waals surface area (Å²) in [4.78, 5) is 11.4. The second kappa shape index (κ2) is 7.02. The summed E-state index contributed by atoms with van der Waals surface area (Å²) in [5, 5.41) is 1.22. The van der Waals surface area contributed by atoms with Crippen molar-refractivity contribution in [1.82, 2.24) is 0 Å². The van der Waals surface area contributed by atoms with Gasteiger partial charge in [0.25, 0.3) is 0 Å². The lowest BCUT2D eigenvalue weighted by molar-refractivity contribution is -0.119. The SMILES string of the molecule is O=C(CCCBr)CCc1c(F)cccc1Cl. The standard InChI is InChI=1S/C12H13BrClFO/c13-8-2-3-9(16)6-7-10-11(14)4-1-5-12(10)15/h1,4-5H,2-3,6-8H2. The van der Waals surface area contributed by atoms with Crippen LogP contribution in [0.4, 0.5) is 4.39 Å². The Kier molecular flexibility index (Phi) is 5.99. The number of benzene rings is 1. The van der Waals surface area contributed by atoms with E-state index in [4.69, 9.17) is 11.6 Å². The fourth-order valence-electron chi connectivity index (χ4n) is 1.42. The van der Waals surface area contributed by atoms with Crippen LogP contribution in [-0.4, -0.2) is 11.1 Å². The Bertz CT molecular complexity index is 348. The van der Waals surface area contributed by atoms with Crippen molar-refractivity contribution in [1.29, 1.82) is 0 Å². The molecule has 0 unspecified atom stereocenters. The van der Waals surface area contributed by atoms with Gasteiger partial charge in [0, 0.05) is 28.8 Å². The molecule has 0 fully saturated rings. The molecule has 0 aliphatic rings. The minimum Gasteiger partial charge on any atom is -0.300 e. The first-order chi connectivity index (χ1) is 7.65. The quantitative estimate of drug-likeness (QED) is 0.721. The minimum atomic E-state index is -0.333. The monoisotopic (exact) mass is 306 g/mol. The van der Waals surface area contributed by atoms with Gasteiger partial charge < -0.3 is 0 Å². The van der Waals surface area contributed by atoms with Crippen LogP contribution in [-0.2, 0) is 11.2 Å². The molecule has 16 heavy (non-hydrogen) atoms. The zero-order valence-electron chi connectivity index (χ0n) is 8.81. The molecule has 0 saturated carbocycles. The average molecular weight is 308 g/mol. The molecule has 0 aromatic heterocycles. The van der Waals surface area contributed by atoms with Gasteiger partial charge in [0.15, 0.2) is 0 Å². The number of ketones is 1. The maximum Gasteiger partial charge on any atom is 0.133 e. The van der Waals surface area contributed by atoms with Crippen molar-refractivity contribution in [2.45, 2.75) is 25.7 Å². The fourth-order valence-corrected chi connectivity index (χ4v) is 1.96. The molecule has 0 aliphatic carbocycles. The van der Waals surface area contributed by atoms with E-state index in [1.54, 1.807) is 12.1 Å². The highest BCUT2D eigenvalue weighted by Gasteiger charge is 2.09. The van der Waals surface area contributed by atoms with E-state index in [1.165, 1.54) is 6.07 Å². The number of halogens is 3. The first-order valence-corrected chi connectivity index (χ1v) is 6.65. The molecule has 0 bridgehead atoms. The summed E-state index contributed by atoms with van der Waals surface area (Å²) in [6, 6.07) is 4.57. The summed E-state index contributed by atoms with van der Waals surface area (Å²) in [5.41, 5.74) is 0.441. The van der Waals surface area contributed by atoms with Gasteiger partial charge in [0.05, 0.1) is 0 Å². The third-order valence-corrected chi connectivity index (χ3v) is 3.22. The second-order valence-corrected chi connectivity index (χ2v) is 4.73. The van der Waals surface area contributed by atoms with E-state index in [0.29, 0.717) is 29.8 Å². The van der Waals surface area contributed by atoms with Crippen LogP contribution in [0.5, 0.6) is 0 Å². The Balaban J connectivity index is 2.51. The van der Waals surface area contributed by atoms with Crippen molar-refractivity contribution >= 4 is 33.3 Å². The van der Waals surface area contributed by atoms with Gasteiger partial charge >= 0.3 is 0 Å². The predicted octanol–water partition coefficient (Wildman–Crippen LogP) is 4.16. The van der Waals surface area contributed by atoms with E-state index >= 15 is 0 Å². The molecule has 0 N–H and O–H groups in total. The number of rotatable bonds is 6. The van der Waals surface area contributed by atoms with Gasteiger partial charge in [-0.15, -0.1) is 0 Å². The lowest BCUT2D eigenvalue weighted by atomic mass is 10.0. The number of carbonyl (C=O) groups excluding carboxylic acids is 1. The largest absolute Gasteiger partial charge is 0.300 e. The van der Waals surface area contributed by atoms with Crippen molar-refractivity contribution < 1.29 is 9.18 Å². The van der Waals surface area contributed by atoms with Crippen LogP contribution < -0.4 is 0 Å². The molecule has 4 heteroatoms. The van der Waals surface area contributed by atoms with E-state index in [1.807, 2.05) is 0 Å². The van der Waals surface area contributed by atoms with E-state index in [-0.39, 0.29) is 11.6 Å². The van der Waals surface area contributed by atoms with Crippen LogP contribution in [0.3, 0.4) is 0 Å². The number of Topliss-reactive ketones (excluding diaryl/α,β-unsaturated/α-hetero) is 1. The Morgan fingerprint density at radius 1 is 1.38 bits per heavy atom. The molecular weight excluding hydrogens is 294 g/mol. The molecule has 0 atom stereocenters. The Morgan fingerprint density at radius 3 is 2.75 bits per heavy atom. The van der Waals surface area contributed by atoms with Crippen molar-refractivity contribution in [2.75, 3.05) is 5.33 Å². The number of hydrogen-bond donors (Lipinski definition) is 0. The summed E-state index contributed by atoms with van der Waals surface area (Å²) in [7, 11) is 0. The number of hydrogen-bond acceptors (Lipinski definition) is 1. The normalized spacial score (nSPS) is 10.4. The molecule has 1 aromatic rings. The van der Waals surface area contributed by atoms with E-state index in [9.17, 15) is 9.18 Å². The second-order valence-electron chi connectivity index (χ2n) is 3.53. The van der Waals surface area contributed by atoms with Crippen LogP contribution >= 0.6 is 27.5 Å². The van der Waals surface area contributed by atoms with Crippen LogP contribution in [0.25, 0.3) is 0 Å². The van der Waals surface area contributed by atoms with Crippen LogP contribution in [0, 0.1) is 5.82 Å². The lowest BCUT2D eigenvalue weighted by Crippen LogP contribution is -2.02. The van der Waals surface area contributed by atoms with Crippen molar-refractivity contribution in [3.8, 4) is 0 Å². The summed E-state index contributed by atoms with van der Waals surface area (Å²) in [6.07, 6.45) is 2.10. The van der Waals surface area contributed by atoms with Gasteiger partial charge in [0.1, 0.15) is 11.6 Å². The third-order valence-electron chi connectivity index (χ3n) is 2.30. The molecule has 1 rings (SSSR count). The van der Waals surface area contributed by atoms with Crippen molar-refractivity contribution in [2.24, 2.45) is 0 Å². The van der Waals surface area contributed by atoms with Gasteiger partial charge in [-0.2, -0.15) is 0 Å². The lowest BCUT2D eigenvalue weighted by Gasteiger charge is -2.04. The average Bonchev–Trinajstić information content (AvgIpc) is 2.25. The van der Waals surface area contributed by atoms with E-state index < -0.39 is 0 Å². The topological polar surface area (TPSA) is 17.1 Å². The van der Waals surface area contributed by atoms with Gasteiger partial charge in [-0.05, 0) is 25.0 Å². The van der Waals surface area contributed by atoms with Gasteiger partial charge in [-0.25, -0.2) is 4.39 Å².